The Morgan fingerprint density at radius 3 is 2.67 bits per heavy atom. The normalized spacial score (nSPS) is 12.4. The summed E-state index contributed by atoms with van der Waals surface area (Å²) in [5, 5.41) is 11.1. The molecule has 100 valence electrons. The van der Waals surface area contributed by atoms with E-state index in [1.165, 1.54) is 18.3 Å². The van der Waals surface area contributed by atoms with E-state index < -0.39 is 30.9 Å². The second-order valence-corrected chi connectivity index (χ2v) is 3.71. The number of aromatic nitrogens is 1. The molecule has 0 saturated carbocycles. The van der Waals surface area contributed by atoms with Crippen LogP contribution >= 0.6 is 0 Å². The van der Waals surface area contributed by atoms with Gasteiger partial charge in [0.1, 0.15) is 11.7 Å². The van der Waals surface area contributed by atoms with E-state index in [1.54, 1.807) is 6.92 Å². The summed E-state index contributed by atoms with van der Waals surface area (Å²) in [5.74, 6) is -1.83. The summed E-state index contributed by atoms with van der Waals surface area (Å²) in [6.45, 7) is 1.01. The fourth-order valence-electron chi connectivity index (χ4n) is 1.50. The second kappa shape index (κ2) is 6.13. The highest BCUT2D eigenvalue weighted by atomic mass is 19.3. The molecule has 0 radical (unpaired) electrons. The molecule has 1 atom stereocenters. The maximum absolute atomic E-state index is 12.3. The third kappa shape index (κ3) is 3.54. The molecule has 2 N–H and O–H groups in total. The van der Waals surface area contributed by atoms with E-state index in [2.05, 4.69) is 5.32 Å². The van der Waals surface area contributed by atoms with Gasteiger partial charge in [-0.3, -0.25) is 4.79 Å². The summed E-state index contributed by atoms with van der Waals surface area (Å²) in [6, 6.07) is 1.80. The Morgan fingerprint density at radius 1 is 1.50 bits per heavy atom. The largest absolute Gasteiger partial charge is 0.480 e. The molecule has 0 aliphatic rings. The SMILES string of the molecule is CC[C@@H](NC(=O)c1cccn1CC(F)F)C(=O)O. The summed E-state index contributed by atoms with van der Waals surface area (Å²) in [6.07, 6.45) is -1.01. The van der Waals surface area contributed by atoms with Gasteiger partial charge < -0.3 is 15.0 Å². The van der Waals surface area contributed by atoms with Crippen molar-refractivity contribution < 1.29 is 23.5 Å². The number of carboxylic acids is 1. The lowest BCUT2D eigenvalue weighted by Crippen LogP contribution is -2.41. The smallest absolute Gasteiger partial charge is 0.326 e. The Balaban J connectivity index is 2.78. The van der Waals surface area contributed by atoms with Gasteiger partial charge in [0.2, 0.25) is 0 Å². The molecule has 1 amide bonds. The number of hydrogen-bond acceptors (Lipinski definition) is 2. The lowest BCUT2D eigenvalue weighted by atomic mass is 10.2. The lowest BCUT2D eigenvalue weighted by molar-refractivity contribution is -0.139. The molecule has 0 aromatic carbocycles. The van der Waals surface area contributed by atoms with Gasteiger partial charge in [-0.15, -0.1) is 0 Å². The van der Waals surface area contributed by atoms with Crippen LogP contribution in [0, 0.1) is 0 Å². The van der Waals surface area contributed by atoms with Gasteiger partial charge in [-0.2, -0.15) is 0 Å². The Morgan fingerprint density at radius 2 is 2.17 bits per heavy atom. The highest BCUT2D eigenvalue weighted by Crippen LogP contribution is 2.07. The molecule has 7 heteroatoms. The van der Waals surface area contributed by atoms with Crippen LogP contribution in [0.1, 0.15) is 23.8 Å². The minimum absolute atomic E-state index is 0.0231. The van der Waals surface area contributed by atoms with E-state index in [1.807, 2.05) is 0 Å². The summed E-state index contributed by atoms with van der Waals surface area (Å²) in [7, 11) is 0. The van der Waals surface area contributed by atoms with Crippen molar-refractivity contribution >= 4 is 11.9 Å². The van der Waals surface area contributed by atoms with Crippen molar-refractivity contribution in [1.82, 2.24) is 9.88 Å². The van der Waals surface area contributed by atoms with Gasteiger partial charge in [-0.05, 0) is 18.6 Å². The molecule has 0 fully saturated rings. The molecule has 0 bridgehead atoms. The minimum Gasteiger partial charge on any atom is -0.480 e. The summed E-state index contributed by atoms with van der Waals surface area (Å²) in [5.41, 5.74) is 0.0231. The van der Waals surface area contributed by atoms with Crippen LogP contribution in [-0.4, -0.2) is 34.0 Å². The number of carboxylic acid groups (broad SMARTS) is 1. The number of carbonyl (C=O) groups excluding carboxylic acids is 1. The maximum atomic E-state index is 12.3. The zero-order valence-corrected chi connectivity index (χ0v) is 9.77. The van der Waals surface area contributed by atoms with Crippen LogP contribution in [0.2, 0.25) is 0 Å². The van der Waals surface area contributed by atoms with Crippen molar-refractivity contribution in [3.63, 3.8) is 0 Å². The second-order valence-electron chi connectivity index (χ2n) is 3.71. The maximum Gasteiger partial charge on any atom is 0.326 e. The fraction of sp³-hybridized carbons (Fsp3) is 0.455. The predicted octanol–water partition coefficient (Wildman–Crippen LogP) is 1.35. The van der Waals surface area contributed by atoms with E-state index in [4.69, 9.17) is 5.11 Å². The number of nitrogens with zero attached hydrogens (tertiary/aromatic N) is 1. The zero-order valence-electron chi connectivity index (χ0n) is 9.77. The third-order valence-corrected chi connectivity index (χ3v) is 2.41. The molecule has 5 nitrogen and oxygen atoms in total. The van der Waals surface area contributed by atoms with Gasteiger partial charge in [0, 0.05) is 6.20 Å². The van der Waals surface area contributed by atoms with Gasteiger partial charge >= 0.3 is 5.97 Å². The van der Waals surface area contributed by atoms with Crippen molar-refractivity contribution in [2.24, 2.45) is 0 Å². The van der Waals surface area contributed by atoms with Crippen LogP contribution in [0.5, 0.6) is 0 Å². The molecule has 0 unspecified atom stereocenters. The van der Waals surface area contributed by atoms with Crippen LogP contribution in [-0.2, 0) is 11.3 Å². The molecular weight excluding hydrogens is 246 g/mol. The number of alkyl halides is 2. The number of halogens is 2. The van der Waals surface area contributed by atoms with E-state index in [0.717, 1.165) is 4.57 Å². The molecule has 0 aliphatic carbocycles. The molecule has 1 rings (SSSR count). The first-order valence-electron chi connectivity index (χ1n) is 5.42. The molecule has 1 aromatic rings. The standard InChI is InChI=1S/C11H14F2N2O3/c1-2-7(11(17)18)14-10(16)8-4-3-5-15(8)6-9(12)13/h3-5,7,9H,2,6H2,1H3,(H,14,16)(H,17,18)/t7-/m1/s1. The molecule has 1 aromatic heterocycles. The number of carbonyl (C=O) groups is 2. The topological polar surface area (TPSA) is 71.3 Å². The van der Waals surface area contributed by atoms with Gasteiger partial charge in [0.25, 0.3) is 12.3 Å². The Labute approximate surface area is 102 Å². The van der Waals surface area contributed by atoms with Crippen LogP contribution in [0.4, 0.5) is 8.78 Å². The van der Waals surface area contributed by atoms with Crippen molar-refractivity contribution in [1.29, 1.82) is 0 Å². The highest BCUT2D eigenvalue weighted by Gasteiger charge is 2.20. The lowest BCUT2D eigenvalue weighted by Gasteiger charge is -2.13. The van der Waals surface area contributed by atoms with Crippen molar-refractivity contribution in [3.05, 3.63) is 24.0 Å². The number of nitrogens with one attached hydrogen (secondary N) is 1. The van der Waals surface area contributed by atoms with E-state index >= 15 is 0 Å². The van der Waals surface area contributed by atoms with Crippen molar-refractivity contribution in [2.45, 2.75) is 32.4 Å². The summed E-state index contributed by atoms with van der Waals surface area (Å²) < 4.78 is 25.6. The third-order valence-electron chi connectivity index (χ3n) is 2.41. The average molecular weight is 260 g/mol. The van der Waals surface area contributed by atoms with E-state index in [0.29, 0.717) is 0 Å². The molecule has 18 heavy (non-hydrogen) atoms. The molecule has 0 saturated heterocycles. The molecule has 0 aliphatic heterocycles. The van der Waals surface area contributed by atoms with Gasteiger partial charge in [-0.25, -0.2) is 13.6 Å². The van der Waals surface area contributed by atoms with Crippen LogP contribution < -0.4 is 5.32 Å². The Hall–Kier alpha value is -1.92. The monoisotopic (exact) mass is 260 g/mol. The van der Waals surface area contributed by atoms with Gasteiger partial charge in [-0.1, -0.05) is 6.92 Å². The highest BCUT2D eigenvalue weighted by molar-refractivity contribution is 5.95. The number of hydrogen-bond donors (Lipinski definition) is 2. The first-order chi connectivity index (χ1) is 8.45. The first-order valence-corrected chi connectivity index (χ1v) is 5.42. The van der Waals surface area contributed by atoms with E-state index in [9.17, 15) is 18.4 Å². The number of amides is 1. The zero-order chi connectivity index (χ0) is 13.7. The Bertz CT molecular complexity index is 432. The quantitative estimate of drug-likeness (QED) is 0.811. The summed E-state index contributed by atoms with van der Waals surface area (Å²) >= 11 is 0. The van der Waals surface area contributed by atoms with Crippen LogP contribution in [0.15, 0.2) is 18.3 Å². The van der Waals surface area contributed by atoms with Gasteiger partial charge in [0.15, 0.2) is 0 Å². The van der Waals surface area contributed by atoms with Crippen molar-refractivity contribution in [2.75, 3.05) is 0 Å². The van der Waals surface area contributed by atoms with E-state index in [-0.39, 0.29) is 12.1 Å². The van der Waals surface area contributed by atoms with Gasteiger partial charge in [0.05, 0.1) is 6.54 Å². The summed E-state index contributed by atoms with van der Waals surface area (Å²) in [4.78, 5) is 22.5. The predicted molar refractivity (Wildman–Crippen MR) is 59.6 cm³/mol. The minimum atomic E-state index is -2.58. The van der Waals surface area contributed by atoms with Crippen LogP contribution in [0.3, 0.4) is 0 Å². The number of rotatable bonds is 6. The first kappa shape index (κ1) is 14.1. The molecule has 0 spiro atoms. The van der Waals surface area contributed by atoms with Crippen molar-refractivity contribution in [3.8, 4) is 0 Å². The van der Waals surface area contributed by atoms with Crippen LogP contribution in [0.25, 0.3) is 0 Å². The molecule has 1 heterocycles. The molecular formula is C11H14F2N2O3. The number of aliphatic carboxylic acids is 1. The fourth-order valence-corrected chi connectivity index (χ4v) is 1.50. The average Bonchev–Trinajstić information content (AvgIpc) is 2.72. The Kier molecular flexibility index (Phi) is 4.82.